The molecule has 116 valence electrons. The molecule has 0 saturated heterocycles. The highest BCUT2D eigenvalue weighted by atomic mass is 32.2. The third kappa shape index (κ3) is 3.92. The zero-order chi connectivity index (χ0) is 16.3. The van der Waals surface area contributed by atoms with E-state index in [0.717, 1.165) is 11.8 Å². The molecule has 2 rings (SSSR count). The van der Waals surface area contributed by atoms with Crippen LogP contribution in [0.5, 0.6) is 0 Å². The number of hydrogen-bond acceptors (Lipinski definition) is 3. The minimum Gasteiger partial charge on any atom is -0.273 e. The van der Waals surface area contributed by atoms with Crippen LogP contribution in [0.3, 0.4) is 0 Å². The van der Waals surface area contributed by atoms with Crippen LogP contribution in [0, 0.1) is 5.82 Å². The maximum atomic E-state index is 14.2. The van der Waals surface area contributed by atoms with Crippen molar-refractivity contribution < 1.29 is 17.6 Å². The van der Waals surface area contributed by atoms with Crippen molar-refractivity contribution in [2.75, 3.05) is 6.26 Å². The number of rotatable bonds is 4. The molecule has 1 amide bonds. The quantitative estimate of drug-likeness (QED) is 0.941. The molecule has 0 aromatic heterocycles. The number of sulfonamides is 1. The van der Waals surface area contributed by atoms with Crippen molar-refractivity contribution in [2.45, 2.75) is 12.8 Å². The van der Waals surface area contributed by atoms with Gasteiger partial charge >= 0.3 is 0 Å². The van der Waals surface area contributed by atoms with Gasteiger partial charge in [-0.3, -0.25) is 9.52 Å². The number of amides is 1. The van der Waals surface area contributed by atoms with Crippen LogP contribution in [0.15, 0.2) is 48.5 Å². The summed E-state index contributed by atoms with van der Waals surface area (Å²) >= 11 is 0. The molecule has 6 heteroatoms. The van der Waals surface area contributed by atoms with Gasteiger partial charge in [0.05, 0.1) is 12.2 Å². The van der Waals surface area contributed by atoms with Crippen LogP contribution < -0.4 is 4.72 Å². The average molecular weight is 321 g/mol. The van der Waals surface area contributed by atoms with Gasteiger partial charge < -0.3 is 0 Å². The van der Waals surface area contributed by atoms with Gasteiger partial charge in [-0.1, -0.05) is 42.5 Å². The molecule has 4 nitrogen and oxygen atoms in total. The van der Waals surface area contributed by atoms with Crippen LogP contribution in [0.2, 0.25) is 0 Å². The third-order valence-corrected chi connectivity index (χ3v) is 3.83. The maximum absolute atomic E-state index is 14.2. The molecule has 0 aliphatic rings. The van der Waals surface area contributed by atoms with Crippen molar-refractivity contribution in [1.29, 1.82) is 0 Å². The molecule has 0 aliphatic heterocycles. The van der Waals surface area contributed by atoms with Crippen molar-refractivity contribution >= 4 is 15.9 Å². The third-order valence-electron chi connectivity index (χ3n) is 3.26. The lowest BCUT2D eigenvalue weighted by molar-refractivity contribution is -0.120. The van der Waals surface area contributed by atoms with E-state index in [2.05, 4.69) is 0 Å². The van der Waals surface area contributed by atoms with Crippen LogP contribution >= 0.6 is 0 Å². The lowest BCUT2D eigenvalue weighted by Crippen LogP contribution is -2.32. The van der Waals surface area contributed by atoms with Crippen molar-refractivity contribution in [3.8, 4) is 11.1 Å². The Labute approximate surface area is 129 Å². The van der Waals surface area contributed by atoms with E-state index in [1.807, 2.05) is 22.9 Å². The van der Waals surface area contributed by atoms with E-state index >= 15 is 0 Å². The fourth-order valence-electron chi connectivity index (χ4n) is 2.08. The Bertz CT molecular complexity index is 788. The van der Waals surface area contributed by atoms with Crippen LogP contribution in [0.4, 0.5) is 4.39 Å². The molecule has 1 N–H and O–H groups in total. The van der Waals surface area contributed by atoms with Crippen LogP contribution in [-0.2, 0) is 14.8 Å². The Morgan fingerprint density at radius 1 is 1.14 bits per heavy atom. The van der Waals surface area contributed by atoms with Crippen LogP contribution in [0.1, 0.15) is 18.4 Å². The summed E-state index contributed by atoms with van der Waals surface area (Å²) in [6, 6.07) is 13.5. The zero-order valence-corrected chi connectivity index (χ0v) is 13.0. The van der Waals surface area contributed by atoms with E-state index in [4.69, 9.17) is 0 Å². The van der Waals surface area contributed by atoms with Gasteiger partial charge in [0.2, 0.25) is 15.9 Å². The number of carbonyl (C=O) groups is 1. The Hall–Kier alpha value is -2.21. The number of halogens is 1. The molecule has 2 aromatic rings. The van der Waals surface area contributed by atoms with E-state index in [1.54, 1.807) is 24.3 Å². The van der Waals surface area contributed by atoms with Gasteiger partial charge in [0.1, 0.15) is 5.82 Å². The molecule has 0 fully saturated rings. The number of nitrogens with one attached hydrogen (secondary N) is 1. The van der Waals surface area contributed by atoms with Crippen molar-refractivity contribution in [1.82, 2.24) is 4.72 Å². The predicted octanol–water partition coefficient (Wildman–Crippen LogP) is 2.67. The first-order chi connectivity index (χ1) is 10.3. The molecule has 0 heterocycles. The molecule has 2 aromatic carbocycles. The van der Waals surface area contributed by atoms with Gasteiger partial charge in [0, 0.05) is 5.56 Å². The summed E-state index contributed by atoms with van der Waals surface area (Å²) in [4.78, 5) is 11.8. The minimum atomic E-state index is -3.63. The molecule has 0 unspecified atom stereocenters. The monoisotopic (exact) mass is 321 g/mol. The SMILES string of the molecule is C[C@@H](C(=O)NS(C)(=O)=O)c1ccc(-c2ccccc2)c(F)c1. The smallest absolute Gasteiger partial charge is 0.240 e. The first kappa shape index (κ1) is 16.2. The van der Waals surface area contributed by atoms with Gasteiger partial charge in [-0.15, -0.1) is 0 Å². The Balaban J connectivity index is 2.28. The Morgan fingerprint density at radius 2 is 1.77 bits per heavy atom. The summed E-state index contributed by atoms with van der Waals surface area (Å²) in [5, 5.41) is 0. The van der Waals surface area contributed by atoms with Gasteiger partial charge in [0.25, 0.3) is 0 Å². The van der Waals surface area contributed by atoms with Crippen molar-refractivity contribution in [2.24, 2.45) is 0 Å². The largest absolute Gasteiger partial charge is 0.273 e. The van der Waals surface area contributed by atoms with Crippen LogP contribution in [0.25, 0.3) is 11.1 Å². The summed E-state index contributed by atoms with van der Waals surface area (Å²) in [5.74, 6) is -1.91. The molecule has 0 spiro atoms. The summed E-state index contributed by atoms with van der Waals surface area (Å²) in [7, 11) is -3.63. The molecular weight excluding hydrogens is 305 g/mol. The van der Waals surface area contributed by atoms with E-state index in [9.17, 15) is 17.6 Å². The summed E-state index contributed by atoms with van der Waals surface area (Å²) in [6.07, 6.45) is 0.900. The fourth-order valence-corrected chi connectivity index (χ4v) is 2.62. The fraction of sp³-hybridized carbons (Fsp3) is 0.188. The highest BCUT2D eigenvalue weighted by Crippen LogP contribution is 2.26. The van der Waals surface area contributed by atoms with E-state index in [1.165, 1.54) is 13.0 Å². The molecule has 1 atom stereocenters. The van der Waals surface area contributed by atoms with E-state index in [0.29, 0.717) is 11.1 Å². The topological polar surface area (TPSA) is 63.2 Å². The Morgan fingerprint density at radius 3 is 2.32 bits per heavy atom. The van der Waals surface area contributed by atoms with Gasteiger partial charge in [0.15, 0.2) is 0 Å². The number of carbonyl (C=O) groups excluding carboxylic acids is 1. The number of hydrogen-bond donors (Lipinski definition) is 1. The van der Waals surface area contributed by atoms with Crippen molar-refractivity contribution in [3.05, 3.63) is 59.9 Å². The minimum absolute atomic E-state index is 0.415. The molecule has 0 bridgehead atoms. The first-order valence-electron chi connectivity index (χ1n) is 6.64. The van der Waals surface area contributed by atoms with Crippen molar-refractivity contribution in [3.63, 3.8) is 0 Å². The summed E-state index contributed by atoms with van der Waals surface area (Å²) < 4.78 is 38.3. The molecule has 22 heavy (non-hydrogen) atoms. The second kappa shape index (κ2) is 6.27. The standard InChI is InChI=1S/C16H16FNO3S/c1-11(16(19)18-22(2,20)21)13-8-9-14(15(17)10-13)12-6-4-3-5-7-12/h3-11H,1-2H3,(H,18,19)/t11-/m1/s1. The highest BCUT2D eigenvalue weighted by molar-refractivity contribution is 7.89. The first-order valence-corrected chi connectivity index (χ1v) is 8.53. The lowest BCUT2D eigenvalue weighted by atomic mass is 9.96. The van der Waals surface area contributed by atoms with Gasteiger partial charge in [-0.2, -0.15) is 0 Å². The van der Waals surface area contributed by atoms with Gasteiger partial charge in [-0.25, -0.2) is 12.8 Å². The summed E-state index contributed by atoms with van der Waals surface area (Å²) in [6.45, 7) is 1.53. The lowest BCUT2D eigenvalue weighted by Gasteiger charge is -2.13. The average Bonchev–Trinajstić information content (AvgIpc) is 2.45. The van der Waals surface area contributed by atoms with Crippen LogP contribution in [-0.4, -0.2) is 20.6 Å². The normalized spacial score (nSPS) is 12.7. The van der Waals surface area contributed by atoms with E-state index < -0.39 is 27.7 Å². The highest BCUT2D eigenvalue weighted by Gasteiger charge is 2.19. The summed E-state index contributed by atoms with van der Waals surface area (Å²) in [5.41, 5.74) is 1.58. The molecule has 0 saturated carbocycles. The Kier molecular flexibility index (Phi) is 4.61. The predicted molar refractivity (Wildman–Crippen MR) is 83.2 cm³/mol. The second-order valence-corrected chi connectivity index (χ2v) is 6.81. The molecular formula is C16H16FNO3S. The number of benzene rings is 2. The van der Waals surface area contributed by atoms with E-state index in [-0.39, 0.29) is 0 Å². The molecule has 0 radical (unpaired) electrons. The van der Waals surface area contributed by atoms with Gasteiger partial charge in [-0.05, 0) is 24.1 Å². The second-order valence-electron chi connectivity index (χ2n) is 5.07. The molecule has 0 aliphatic carbocycles. The maximum Gasteiger partial charge on any atom is 0.240 e. The zero-order valence-electron chi connectivity index (χ0n) is 12.2.